The number of urea groups is 1. The van der Waals surface area contributed by atoms with E-state index >= 15 is 0 Å². The molecule has 112 valence electrons. The molecular formula is C14H24N4O2. The van der Waals surface area contributed by atoms with Gasteiger partial charge in [0.25, 0.3) is 0 Å². The third-order valence-electron chi connectivity index (χ3n) is 3.52. The first-order valence-corrected chi connectivity index (χ1v) is 7.07. The predicted octanol–water partition coefficient (Wildman–Crippen LogP) is 0.668. The monoisotopic (exact) mass is 280 g/mol. The number of amides is 2. The molecule has 0 spiro atoms. The fourth-order valence-electron chi connectivity index (χ4n) is 2.20. The van der Waals surface area contributed by atoms with Crippen LogP contribution < -0.4 is 5.32 Å². The van der Waals surface area contributed by atoms with E-state index in [2.05, 4.69) is 29.2 Å². The van der Waals surface area contributed by atoms with Gasteiger partial charge in [-0.2, -0.15) is 0 Å². The molecule has 0 saturated carbocycles. The molecule has 0 bridgehead atoms. The number of hydrogen-bond acceptors (Lipinski definition) is 4. The predicted molar refractivity (Wildman–Crippen MR) is 77.5 cm³/mol. The van der Waals surface area contributed by atoms with Crippen molar-refractivity contribution in [3.05, 3.63) is 24.2 Å². The van der Waals surface area contributed by atoms with E-state index < -0.39 is 0 Å². The highest BCUT2D eigenvalue weighted by molar-refractivity contribution is 5.74. The van der Waals surface area contributed by atoms with Crippen LogP contribution in [0.1, 0.15) is 5.76 Å². The van der Waals surface area contributed by atoms with Crippen LogP contribution in [0.4, 0.5) is 4.79 Å². The maximum absolute atomic E-state index is 12.0. The third-order valence-corrected chi connectivity index (χ3v) is 3.52. The molecule has 1 aliphatic heterocycles. The average Bonchev–Trinajstić information content (AvgIpc) is 2.96. The van der Waals surface area contributed by atoms with Crippen LogP contribution in [0.15, 0.2) is 22.8 Å². The lowest BCUT2D eigenvalue weighted by atomic mass is 10.3. The molecule has 0 unspecified atom stereocenters. The summed E-state index contributed by atoms with van der Waals surface area (Å²) >= 11 is 0. The number of furan rings is 1. The van der Waals surface area contributed by atoms with Crippen molar-refractivity contribution >= 4 is 6.03 Å². The number of carbonyl (C=O) groups excluding carboxylic acids is 1. The summed E-state index contributed by atoms with van der Waals surface area (Å²) in [6.07, 6.45) is 1.62. The first-order valence-electron chi connectivity index (χ1n) is 7.07. The summed E-state index contributed by atoms with van der Waals surface area (Å²) in [5, 5.41) is 2.89. The van der Waals surface area contributed by atoms with Crippen LogP contribution in [-0.2, 0) is 6.54 Å². The topological polar surface area (TPSA) is 52.0 Å². The van der Waals surface area contributed by atoms with E-state index in [0.29, 0.717) is 6.54 Å². The third kappa shape index (κ3) is 4.54. The van der Waals surface area contributed by atoms with Gasteiger partial charge >= 0.3 is 6.03 Å². The Hall–Kier alpha value is -1.53. The number of nitrogens with zero attached hydrogens (tertiary/aromatic N) is 3. The van der Waals surface area contributed by atoms with Gasteiger partial charge in [-0.25, -0.2) is 4.79 Å². The van der Waals surface area contributed by atoms with E-state index in [0.717, 1.165) is 45.0 Å². The van der Waals surface area contributed by atoms with E-state index in [-0.39, 0.29) is 6.03 Å². The van der Waals surface area contributed by atoms with Crippen molar-refractivity contribution in [2.45, 2.75) is 6.54 Å². The highest BCUT2D eigenvalue weighted by atomic mass is 16.3. The van der Waals surface area contributed by atoms with Crippen molar-refractivity contribution in [1.82, 2.24) is 20.0 Å². The van der Waals surface area contributed by atoms with E-state index in [4.69, 9.17) is 4.42 Å². The van der Waals surface area contributed by atoms with E-state index in [1.54, 1.807) is 6.26 Å². The standard InChI is InChI=1S/C14H24N4O2/c1-16(2)5-6-17-7-9-18(10-8-17)14(19)15-12-13-4-3-11-20-13/h3-4,11H,5-10,12H2,1-2H3,(H,15,19). The van der Waals surface area contributed by atoms with Gasteiger partial charge < -0.3 is 19.5 Å². The van der Waals surface area contributed by atoms with Crippen LogP contribution in [0, 0.1) is 0 Å². The Kier molecular flexibility index (Phi) is 5.43. The zero-order valence-electron chi connectivity index (χ0n) is 12.3. The molecule has 0 radical (unpaired) electrons. The summed E-state index contributed by atoms with van der Waals surface area (Å²) in [4.78, 5) is 18.5. The molecule has 1 aliphatic rings. The number of likely N-dealkylation sites (N-methyl/N-ethyl adjacent to an activating group) is 1. The number of rotatable bonds is 5. The Morgan fingerprint density at radius 1 is 1.35 bits per heavy atom. The minimum Gasteiger partial charge on any atom is -0.467 e. The molecule has 1 fully saturated rings. The number of piperazine rings is 1. The number of carbonyl (C=O) groups is 1. The first kappa shape index (κ1) is 14.9. The molecule has 6 nitrogen and oxygen atoms in total. The SMILES string of the molecule is CN(C)CCN1CCN(C(=O)NCc2ccco2)CC1. The Morgan fingerprint density at radius 3 is 2.70 bits per heavy atom. The van der Waals surface area contributed by atoms with Crippen LogP contribution >= 0.6 is 0 Å². The minimum atomic E-state index is -0.00587. The maximum Gasteiger partial charge on any atom is 0.317 e. The van der Waals surface area contributed by atoms with Crippen LogP contribution in [0.25, 0.3) is 0 Å². The summed E-state index contributed by atoms with van der Waals surface area (Å²) in [5.74, 6) is 0.781. The molecule has 20 heavy (non-hydrogen) atoms. The average molecular weight is 280 g/mol. The summed E-state index contributed by atoms with van der Waals surface area (Å²) in [7, 11) is 4.16. The smallest absolute Gasteiger partial charge is 0.317 e. The number of nitrogens with one attached hydrogen (secondary N) is 1. The van der Waals surface area contributed by atoms with Crippen molar-refractivity contribution in [1.29, 1.82) is 0 Å². The summed E-state index contributed by atoms with van der Waals surface area (Å²) in [6, 6.07) is 3.68. The van der Waals surface area contributed by atoms with Crippen molar-refractivity contribution in [2.75, 3.05) is 53.4 Å². The Balaban J connectivity index is 1.66. The molecule has 1 aromatic rings. The van der Waals surface area contributed by atoms with E-state index in [1.807, 2.05) is 17.0 Å². The first-order chi connectivity index (χ1) is 9.65. The van der Waals surface area contributed by atoms with Gasteiger partial charge in [0, 0.05) is 39.3 Å². The number of hydrogen-bond donors (Lipinski definition) is 1. The van der Waals surface area contributed by atoms with Crippen LogP contribution in [0.2, 0.25) is 0 Å². The molecule has 1 aromatic heterocycles. The van der Waals surface area contributed by atoms with Crippen molar-refractivity contribution in [2.24, 2.45) is 0 Å². The van der Waals surface area contributed by atoms with E-state index in [9.17, 15) is 4.79 Å². The molecule has 6 heteroatoms. The van der Waals surface area contributed by atoms with Gasteiger partial charge in [-0.3, -0.25) is 4.90 Å². The van der Waals surface area contributed by atoms with Crippen LogP contribution in [-0.4, -0.2) is 74.1 Å². The molecular weight excluding hydrogens is 256 g/mol. The molecule has 2 heterocycles. The molecule has 0 aliphatic carbocycles. The molecule has 2 amide bonds. The zero-order valence-corrected chi connectivity index (χ0v) is 12.3. The minimum absolute atomic E-state index is 0.00587. The quantitative estimate of drug-likeness (QED) is 0.861. The fourth-order valence-corrected chi connectivity index (χ4v) is 2.20. The Morgan fingerprint density at radius 2 is 2.10 bits per heavy atom. The van der Waals surface area contributed by atoms with Gasteiger partial charge in [0.15, 0.2) is 0 Å². The Labute approximate surface area is 120 Å². The lowest BCUT2D eigenvalue weighted by Gasteiger charge is -2.35. The van der Waals surface area contributed by atoms with Crippen molar-refractivity contribution < 1.29 is 9.21 Å². The highest BCUT2D eigenvalue weighted by Crippen LogP contribution is 2.03. The molecule has 1 N–H and O–H groups in total. The molecule has 0 aromatic carbocycles. The van der Waals surface area contributed by atoms with Crippen molar-refractivity contribution in [3.63, 3.8) is 0 Å². The van der Waals surface area contributed by atoms with Gasteiger partial charge in [0.1, 0.15) is 5.76 Å². The van der Waals surface area contributed by atoms with Gasteiger partial charge in [-0.05, 0) is 26.2 Å². The summed E-state index contributed by atoms with van der Waals surface area (Å²) in [6.45, 7) is 6.05. The van der Waals surface area contributed by atoms with Crippen LogP contribution in [0.5, 0.6) is 0 Å². The van der Waals surface area contributed by atoms with Crippen LogP contribution in [0.3, 0.4) is 0 Å². The van der Waals surface area contributed by atoms with E-state index in [1.165, 1.54) is 0 Å². The second-order valence-corrected chi connectivity index (χ2v) is 5.37. The Bertz CT molecular complexity index is 397. The molecule has 2 rings (SSSR count). The fraction of sp³-hybridized carbons (Fsp3) is 0.643. The second kappa shape index (κ2) is 7.31. The van der Waals surface area contributed by atoms with Gasteiger partial charge in [0.2, 0.25) is 0 Å². The van der Waals surface area contributed by atoms with Gasteiger partial charge in [0.05, 0.1) is 12.8 Å². The zero-order chi connectivity index (χ0) is 14.4. The molecule has 1 saturated heterocycles. The van der Waals surface area contributed by atoms with Gasteiger partial charge in [-0.15, -0.1) is 0 Å². The summed E-state index contributed by atoms with van der Waals surface area (Å²) in [5.41, 5.74) is 0. The molecule has 0 atom stereocenters. The largest absolute Gasteiger partial charge is 0.467 e. The van der Waals surface area contributed by atoms with Gasteiger partial charge in [-0.1, -0.05) is 0 Å². The lowest BCUT2D eigenvalue weighted by Crippen LogP contribution is -2.52. The maximum atomic E-state index is 12.0. The lowest BCUT2D eigenvalue weighted by molar-refractivity contribution is 0.133. The second-order valence-electron chi connectivity index (χ2n) is 5.37. The van der Waals surface area contributed by atoms with Crippen molar-refractivity contribution in [3.8, 4) is 0 Å². The summed E-state index contributed by atoms with van der Waals surface area (Å²) < 4.78 is 5.20. The highest BCUT2D eigenvalue weighted by Gasteiger charge is 2.20. The normalized spacial score (nSPS) is 16.6.